The van der Waals surface area contributed by atoms with Crippen molar-refractivity contribution in [3.63, 3.8) is 0 Å². The summed E-state index contributed by atoms with van der Waals surface area (Å²) >= 11 is 9.25. The van der Waals surface area contributed by atoms with Gasteiger partial charge in [0.2, 0.25) is 0 Å². The van der Waals surface area contributed by atoms with Gasteiger partial charge in [-0.15, -0.1) is 0 Å². The second-order valence-electron chi connectivity index (χ2n) is 3.91. The number of halogens is 3. The van der Waals surface area contributed by atoms with Crippen LogP contribution in [0.5, 0.6) is 5.75 Å². The Morgan fingerprint density at radius 2 is 2.05 bits per heavy atom. The van der Waals surface area contributed by atoms with Crippen LogP contribution in [-0.2, 0) is 13.2 Å². The van der Waals surface area contributed by atoms with E-state index in [0.717, 1.165) is 5.56 Å². The van der Waals surface area contributed by atoms with E-state index in [9.17, 15) is 4.39 Å². The molecule has 100 valence electrons. The summed E-state index contributed by atoms with van der Waals surface area (Å²) in [7, 11) is 0. The van der Waals surface area contributed by atoms with Crippen LogP contribution in [0.25, 0.3) is 0 Å². The summed E-state index contributed by atoms with van der Waals surface area (Å²) in [4.78, 5) is 0. The van der Waals surface area contributed by atoms with Crippen molar-refractivity contribution in [2.75, 3.05) is 0 Å². The van der Waals surface area contributed by atoms with Crippen LogP contribution < -0.4 is 4.74 Å². The SMILES string of the molecule is OCc1ccc(OCc2c(F)cccc2Cl)c(Br)c1. The van der Waals surface area contributed by atoms with Gasteiger partial charge in [0.1, 0.15) is 18.2 Å². The highest BCUT2D eigenvalue weighted by molar-refractivity contribution is 9.10. The van der Waals surface area contributed by atoms with Crippen LogP contribution in [0.3, 0.4) is 0 Å². The lowest BCUT2D eigenvalue weighted by molar-refractivity contribution is 0.280. The average molecular weight is 346 g/mol. The van der Waals surface area contributed by atoms with Crippen LogP contribution in [0.1, 0.15) is 11.1 Å². The van der Waals surface area contributed by atoms with Gasteiger partial charge in [-0.2, -0.15) is 0 Å². The van der Waals surface area contributed by atoms with Crippen molar-refractivity contribution in [3.05, 3.63) is 62.8 Å². The Morgan fingerprint density at radius 1 is 1.26 bits per heavy atom. The topological polar surface area (TPSA) is 29.5 Å². The van der Waals surface area contributed by atoms with Crippen LogP contribution in [0.4, 0.5) is 4.39 Å². The molecule has 2 nitrogen and oxygen atoms in total. The molecule has 0 radical (unpaired) electrons. The monoisotopic (exact) mass is 344 g/mol. The van der Waals surface area contributed by atoms with Gasteiger partial charge in [-0.1, -0.05) is 23.7 Å². The maximum Gasteiger partial charge on any atom is 0.134 e. The van der Waals surface area contributed by atoms with Gasteiger partial charge in [-0.3, -0.25) is 0 Å². The highest BCUT2D eigenvalue weighted by Crippen LogP contribution is 2.28. The minimum Gasteiger partial charge on any atom is -0.488 e. The lowest BCUT2D eigenvalue weighted by atomic mass is 10.2. The molecule has 0 aliphatic rings. The third kappa shape index (κ3) is 3.47. The van der Waals surface area contributed by atoms with Crippen LogP contribution in [0, 0.1) is 5.82 Å². The quantitative estimate of drug-likeness (QED) is 0.894. The van der Waals surface area contributed by atoms with E-state index in [1.807, 2.05) is 0 Å². The van der Waals surface area contributed by atoms with E-state index in [0.29, 0.717) is 20.8 Å². The predicted molar refractivity (Wildman–Crippen MR) is 75.8 cm³/mol. The molecule has 0 bridgehead atoms. The number of aliphatic hydroxyl groups excluding tert-OH is 1. The summed E-state index contributed by atoms with van der Waals surface area (Å²) in [6.07, 6.45) is 0. The zero-order chi connectivity index (χ0) is 13.8. The molecule has 0 fully saturated rings. The molecule has 0 saturated carbocycles. The molecule has 2 rings (SSSR count). The molecule has 2 aromatic carbocycles. The third-order valence-electron chi connectivity index (χ3n) is 2.61. The van der Waals surface area contributed by atoms with E-state index in [2.05, 4.69) is 15.9 Å². The Morgan fingerprint density at radius 3 is 2.68 bits per heavy atom. The van der Waals surface area contributed by atoms with Gasteiger partial charge < -0.3 is 9.84 Å². The minimum atomic E-state index is -0.393. The zero-order valence-electron chi connectivity index (χ0n) is 9.87. The van der Waals surface area contributed by atoms with Gasteiger partial charge in [0.15, 0.2) is 0 Å². The van der Waals surface area contributed by atoms with Crippen molar-refractivity contribution < 1.29 is 14.2 Å². The smallest absolute Gasteiger partial charge is 0.134 e. The fraction of sp³-hybridized carbons (Fsp3) is 0.143. The van der Waals surface area contributed by atoms with Gasteiger partial charge in [0, 0.05) is 5.56 Å². The molecule has 0 spiro atoms. The Balaban J connectivity index is 2.15. The van der Waals surface area contributed by atoms with Crippen LogP contribution >= 0.6 is 27.5 Å². The highest BCUT2D eigenvalue weighted by atomic mass is 79.9. The lowest BCUT2D eigenvalue weighted by Crippen LogP contribution is -2.00. The highest BCUT2D eigenvalue weighted by Gasteiger charge is 2.09. The van der Waals surface area contributed by atoms with Crippen molar-refractivity contribution in [3.8, 4) is 5.75 Å². The fourth-order valence-electron chi connectivity index (χ4n) is 1.58. The molecule has 0 atom stereocenters. The summed E-state index contributed by atoms with van der Waals surface area (Å²) in [6, 6.07) is 9.71. The van der Waals surface area contributed by atoms with Gasteiger partial charge in [0.05, 0.1) is 16.1 Å². The molecular weight excluding hydrogens is 335 g/mol. The van der Waals surface area contributed by atoms with Gasteiger partial charge in [0.25, 0.3) is 0 Å². The number of rotatable bonds is 4. The number of aliphatic hydroxyl groups is 1. The summed E-state index contributed by atoms with van der Waals surface area (Å²) in [5, 5.41) is 9.34. The molecule has 2 aromatic rings. The van der Waals surface area contributed by atoms with Crippen molar-refractivity contribution in [2.24, 2.45) is 0 Å². The minimum absolute atomic E-state index is 0.0436. The summed E-state index contributed by atoms with van der Waals surface area (Å²) in [6.45, 7) is 0.000595. The number of hydrogen-bond acceptors (Lipinski definition) is 2. The molecule has 0 amide bonds. The van der Waals surface area contributed by atoms with Crippen LogP contribution in [-0.4, -0.2) is 5.11 Å². The molecule has 0 saturated heterocycles. The first-order valence-electron chi connectivity index (χ1n) is 5.57. The van der Waals surface area contributed by atoms with Crippen LogP contribution in [0.15, 0.2) is 40.9 Å². The molecule has 0 aromatic heterocycles. The van der Waals surface area contributed by atoms with Crippen LogP contribution in [0.2, 0.25) is 5.02 Å². The Kier molecular flexibility index (Phi) is 4.80. The molecule has 0 aliphatic heterocycles. The largest absolute Gasteiger partial charge is 0.488 e. The Labute approximate surface area is 123 Å². The summed E-state index contributed by atoms with van der Waals surface area (Å²) in [5.74, 6) is 0.173. The first-order chi connectivity index (χ1) is 9.11. The Bertz CT molecular complexity index is 569. The molecule has 5 heteroatoms. The molecule has 1 N–H and O–H groups in total. The summed E-state index contributed by atoms with van der Waals surface area (Å²) < 4.78 is 19.8. The zero-order valence-corrected chi connectivity index (χ0v) is 12.2. The third-order valence-corrected chi connectivity index (χ3v) is 3.59. The standard InChI is InChI=1S/C14H11BrClFO2/c15-11-6-9(7-18)4-5-14(11)19-8-10-12(16)2-1-3-13(10)17/h1-6,18H,7-8H2. The molecule has 0 aliphatic carbocycles. The van der Waals surface area contributed by atoms with E-state index in [-0.39, 0.29) is 13.2 Å². The molecule has 0 heterocycles. The lowest BCUT2D eigenvalue weighted by Gasteiger charge is -2.11. The van der Waals surface area contributed by atoms with Crippen molar-refractivity contribution in [1.82, 2.24) is 0 Å². The molecular formula is C14H11BrClFO2. The first kappa shape index (κ1) is 14.3. The Hall–Kier alpha value is -1.10. The van der Waals surface area contributed by atoms with E-state index in [1.165, 1.54) is 6.07 Å². The first-order valence-corrected chi connectivity index (χ1v) is 6.74. The second kappa shape index (κ2) is 6.37. The van der Waals surface area contributed by atoms with Gasteiger partial charge >= 0.3 is 0 Å². The van der Waals surface area contributed by atoms with Crippen molar-refractivity contribution >= 4 is 27.5 Å². The van der Waals surface area contributed by atoms with Crippen molar-refractivity contribution in [1.29, 1.82) is 0 Å². The number of ether oxygens (including phenoxy) is 1. The second-order valence-corrected chi connectivity index (χ2v) is 5.17. The van der Waals surface area contributed by atoms with E-state index < -0.39 is 5.82 Å². The normalized spacial score (nSPS) is 10.5. The fourth-order valence-corrected chi connectivity index (χ4v) is 2.34. The van der Waals surface area contributed by atoms with Crippen molar-refractivity contribution in [2.45, 2.75) is 13.2 Å². The van der Waals surface area contributed by atoms with Gasteiger partial charge in [-0.25, -0.2) is 4.39 Å². The maximum absolute atomic E-state index is 13.6. The predicted octanol–water partition coefficient (Wildman–Crippen LogP) is 4.31. The maximum atomic E-state index is 13.6. The summed E-state index contributed by atoms with van der Waals surface area (Å²) in [5.41, 5.74) is 1.09. The van der Waals surface area contributed by atoms with E-state index in [1.54, 1.807) is 30.3 Å². The number of benzene rings is 2. The van der Waals surface area contributed by atoms with E-state index in [4.69, 9.17) is 21.4 Å². The molecule has 0 unspecified atom stereocenters. The average Bonchev–Trinajstić information content (AvgIpc) is 2.39. The number of hydrogen-bond donors (Lipinski definition) is 1. The van der Waals surface area contributed by atoms with Gasteiger partial charge in [-0.05, 0) is 45.8 Å². The molecule has 19 heavy (non-hydrogen) atoms. The van der Waals surface area contributed by atoms with E-state index >= 15 is 0 Å².